The van der Waals surface area contributed by atoms with Gasteiger partial charge in [0.2, 0.25) is 5.91 Å². The molecule has 1 aliphatic rings. The van der Waals surface area contributed by atoms with Crippen molar-refractivity contribution in [2.24, 2.45) is 0 Å². The molecule has 0 bridgehead atoms. The molecule has 0 spiro atoms. The summed E-state index contributed by atoms with van der Waals surface area (Å²) in [5.74, 6) is -0.368. The number of rotatable bonds is 5. The van der Waals surface area contributed by atoms with E-state index in [1.165, 1.54) is 12.5 Å². The molecule has 0 aliphatic carbocycles. The maximum Gasteiger partial charge on any atom is 0.258 e. The number of hydrogen-bond acceptors (Lipinski definition) is 5. The van der Waals surface area contributed by atoms with E-state index in [1.54, 1.807) is 30.3 Å². The van der Waals surface area contributed by atoms with E-state index in [0.29, 0.717) is 36.6 Å². The smallest absolute Gasteiger partial charge is 0.258 e. The first-order chi connectivity index (χ1) is 11.7. The van der Waals surface area contributed by atoms with Crippen LogP contribution >= 0.6 is 0 Å². The van der Waals surface area contributed by atoms with Gasteiger partial charge in [-0.15, -0.1) is 0 Å². The summed E-state index contributed by atoms with van der Waals surface area (Å²) >= 11 is 0. The normalized spacial score (nSPS) is 17.2. The van der Waals surface area contributed by atoms with Crippen molar-refractivity contribution >= 4 is 23.2 Å². The second-order valence-corrected chi connectivity index (χ2v) is 5.53. The highest BCUT2D eigenvalue weighted by molar-refractivity contribution is 6.04. The van der Waals surface area contributed by atoms with Crippen LogP contribution in [-0.4, -0.2) is 37.6 Å². The van der Waals surface area contributed by atoms with Crippen molar-refractivity contribution in [1.29, 1.82) is 0 Å². The van der Waals surface area contributed by atoms with E-state index >= 15 is 0 Å². The van der Waals surface area contributed by atoms with Crippen molar-refractivity contribution in [2.75, 3.05) is 30.4 Å². The number of carbonyl (C=O) groups is 2. The van der Waals surface area contributed by atoms with Gasteiger partial charge in [0.25, 0.3) is 5.91 Å². The van der Waals surface area contributed by atoms with Crippen molar-refractivity contribution in [2.45, 2.75) is 12.5 Å². The van der Waals surface area contributed by atoms with E-state index in [9.17, 15) is 9.59 Å². The molecule has 24 heavy (non-hydrogen) atoms. The molecule has 1 unspecified atom stereocenters. The van der Waals surface area contributed by atoms with Crippen molar-refractivity contribution in [1.82, 2.24) is 5.32 Å². The van der Waals surface area contributed by atoms with E-state index in [-0.39, 0.29) is 17.9 Å². The van der Waals surface area contributed by atoms with Gasteiger partial charge >= 0.3 is 0 Å². The van der Waals surface area contributed by atoms with Crippen LogP contribution in [0.1, 0.15) is 16.8 Å². The summed E-state index contributed by atoms with van der Waals surface area (Å²) in [5.41, 5.74) is 1.66. The van der Waals surface area contributed by atoms with Gasteiger partial charge in [0.05, 0.1) is 25.0 Å². The minimum atomic E-state index is -0.268. The van der Waals surface area contributed by atoms with Crippen LogP contribution in [0.25, 0.3) is 0 Å². The zero-order chi connectivity index (χ0) is 16.8. The number of hydrogen-bond donors (Lipinski definition) is 3. The minimum Gasteiger partial charge on any atom is -0.472 e. The van der Waals surface area contributed by atoms with Crippen molar-refractivity contribution < 1.29 is 18.7 Å². The molecule has 1 saturated heterocycles. The molecule has 3 N–H and O–H groups in total. The van der Waals surface area contributed by atoms with Gasteiger partial charge in [-0.25, -0.2) is 0 Å². The fraction of sp³-hybridized carbons (Fsp3) is 0.294. The van der Waals surface area contributed by atoms with Gasteiger partial charge in [0.1, 0.15) is 6.26 Å². The maximum atomic E-state index is 12.1. The Balaban J connectivity index is 1.56. The Morgan fingerprint density at radius 2 is 2.04 bits per heavy atom. The first kappa shape index (κ1) is 16.2. The number of ether oxygens (including phenoxy) is 1. The predicted molar refractivity (Wildman–Crippen MR) is 89.0 cm³/mol. The summed E-state index contributed by atoms with van der Waals surface area (Å²) in [5, 5.41) is 8.83. The molecule has 1 atom stereocenters. The van der Waals surface area contributed by atoms with Crippen LogP contribution in [-0.2, 0) is 9.53 Å². The molecule has 0 radical (unpaired) electrons. The third-order valence-electron chi connectivity index (χ3n) is 3.62. The fourth-order valence-electron chi connectivity index (χ4n) is 2.46. The Bertz CT molecular complexity index is 694. The van der Waals surface area contributed by atoms with Gasteiger partial charge < -0.3 is 25.1 Å². The van der Waals surface area contributed by atoms with Crippen molar-refractivity contribution in [3.8, 4) is 0 Å². The number of morpholine rings is 1. The second kappa shape index (κ2) is 7.76. The van der Waals surface area contributed by atoms with Gasteiger partial charge in [0, 0.05) is 30.4 Å². The first-order valence-corrected chi connectivity index (χ1v) is 7.75. The van der Waals surface area contributed by atoms with E-state index in [0.717, 1.165) is 6.54 Å². The first-order valence-electron chi connectivity index (χ1n) is 7.75. The zero-order valence-corrected chi connectivity index (χ0v) is 13.1. The number of furan rings is 1. The lowest BCUT2D eigenvalue weighted by Crippen LogP contribution is -2.43. The summed E-state index contributed by atoms with van der Waals surface area (Å²) in [6, 6.07) is 8.62. The quantitative estimate of drug-likeness (QED) is 0.778. The number of anilines is 2. The highest BCUT2D eigenvalue weighted by Gasteiger charge is 2.17. The number of carbonyl (C=O) groups excluding carboxylic acids is 2. The van der Waals surface area contributed by atoms with Gasteiger partial charge in [-0.1, -0.05) is 6.07 Å². The van der Waals surface area contributed by atoms with E-state index in [1.807, 2.05) is 0 Å². The van der Waals surface area contributed by atoms with Crippen LogP contribution in [0.5, 0.6) is 0 Å². The molecule has 1 aromatic heterocycles. The summed E-state index contributed by atoms with van der Waals surface area (Å²) in [6.45, 7) is 1.97. The molecule has 3 rings (SSSR count). The van der Waals surface area contributed by atoms with Gasteiger partial charge in [-0.3, -0.25) is 9.59 Å². The lowest BCUT2D eigenvalue weighted by atomic mass is 10.2. The van der Waals surface area contributed by atoms with Crippen molar-refractivity contribution in [3.63, 3.8) is 0 Å². The third kappa shape index (κ3) is 4.43. The average Bonchev–Trinajstić information content (AvgIpc) is 3.10. The van der Waals surface area contributed by atoms with Crippen molar-refractivity contribution in [3.05, 3.63) is 48.4 Å². The SMILES string of the molecule is O=C(CC1COCCN1)Nc1cccc(NC(=O)c2ccoc2)c1. The predicted octanol–water partition coefficient (Wildman–Crippen LogP) is 1.85. The molecular weight excluding hydrogens is 310 g/mol. The lowest BCUT2D eigenvalue weighted by molar-refractivity contribution is -0.117. The Hall–Kier alpha value is -2.64. The third-order valence-corrected chi connectivity index (χ3v) is 3.62. The van der Waals surface area contributed by atoms with E-state index in [4.69, 9.17) is 9.15 Å². The van der Waals surface area contributed by atoms with Gasteiger partial charge in [-0.2, -0.15) is 0 Å². The highest BCUT2D eigenvalue weighted by atomic mass is 16.5. The van der Waals surface area contributed by atoms with Crippen LogP contribution in [0, 0.1) is 0 Å². The molecule has 0 saturated carbocycles. The minimum absolute atomic E-state index is 0.0303. The Kier molecular flexibility index (Phi) is 5.25. The van der Waals surface area contributed by atoms with Crippen LogP contribution in [0.4, 0.5) is 11.4 Å². The van der Waals surface area contributed by atoms with Crippen LogP contribution in [0.3, 0.4) is 0 Å². The molecule has 1 aliphatic heterocycles. The van der Waals surface area contributed by atoms with Gasteiger partial charge in [-0.05, 0) is 24.3 Å². The summed E-state index contributed by atoms with van der Waals surface area (Å²) in [4.78, 5) is 24.1. The molecule has 2 amide bonds. The fourth-order valence-corrected chi connectivity index (χ4v) is 2.46. The largest absolute Gasteiger partial charge is 0.472 e. The molecule has 2 heterocycles. The van der Waals surface area contributed by atoms with Gasteiger partial charge in [0.15, 0.2) is 0 Å². The molecule has 1 aromatic carbocycles. The molecule has 7 nitrogen and oxygen atoms in total. The standard InChI is InChI=1S/C17H19N3O4/c21-16(9-15-11-24-7-5-18-15)19-13-2-1-3-14(8-13)20-17(22)12-4-6-23-10-12/h1-4,6,8,10,15,18H,5,7,9,11H2,(H,19,21)(H,20,22). The summed E-state index contributed by atoms with van der Waals surface area (Å²) in [7, 11) is 0. The van der Waals surface area contributed by atoms with E-state index in [2.05, 4.69) is 16.0 Å². The summed E-state index contributed by atoms with van der Waals surface area (Å²) < 4.78 is 10.2. The average molecular weight is 329 g/mol. The highest BCUT2D eigenvalue weighted by Crippen LogP contribution is 2.17. The Labute approximate surface area is 139 Å². The molecule has 2 aromatic rings. The van der Waals surface area contributed by atoms with Crippen LogP contribution in [0.15, 0.2) is 47.3 Å². The Morgan fingerprint density at radius 3 is 2.75 bits per heavy atom. The molecule has 1 fully saturated rings. The molecular formula is C17H19N3O4. The number of nitrogens with one attached hydrogen (secondary N) is 3. The monoisotopic (exact) mass is 329 g/mol. The van der Waals surface area contributed by atoms with Crippen LogP contribution < -0.4 is 16.0 Å². The summed E-state index contributed by atoms with van der Waals surface area (Å²) in [6.07, 6.45) is 3.15. The number of benzene rings is 1. The molecule has 7 heteroatoms. The molecule has 126 valence electrons. The topological polar surface area (TPSA) is 92.6 Å². The van der Waals surface area contributed by atoms with E-state index < -0.39 is 0 Å². The maximum absolute atomic E-state index is 12.1. The second-order valence-electron chi connectivity index (χ2n) is 5.53. The lowest BCUT2D eigenvalue weighted by Gasteiger charge is -2.23. The number of amides is 2. The van der Waals surface area contributed by atoms with Crippen LogP contribution in [0.2, 0.25) is 0 Å². The zero-order valence-electron chi connectivity index (χ0n) is 13.1. The Morgan fingerprint density at radius 1 is 1.21 bits per heavy atom.